The lowest BCUT2D eigenvalue weighted by atomic mass is 9.61. The topological polar surface area (TPSA) is 154 Å². The van der Waals surface area contributed by atoms with Gasteiger partial charge in [0.2, 0.25) is 5.91 Å². The number of nitriles is 1. The lowest BCUT2D eigenvalue weighted by Gasteiger charge is -2.46. The van der Waals surface area contributed by atoms with Gasteiger partial charge in [0, 0.05) is 34.5 Å². The Morgan fingerprint density at radius 2 is 1.83 bits per heavy atom. The molecule has 10 heteroatoms. The van der Waals surface area contributed by atoms with E-state index in [1.54, 1.807) is 31.2 Å². The maximum Gasteiger partial charge on any atom is 0.344 e. The lowest BCUT2D eigenvalue weighted by molar-refractivity contribution is -0.123. The predicted molar refractivity (Wildman–Crippen MR) is 151 cm³/mol. The fourth-order valence-electron chi connectivity index (χ4n) is 6.32. The molecule has 2 aromatic carbocycles. The fourth-order valence-corrected chi connectivity index (χ4v) is 6.32. The van der Waals surface area contributed by atoms with Crippen molar-refractivity contribution in [1.29, 1.82) is 5.26 Å². The van der Waals surface area contributed by atoms with Crippen LogP contribution >= 0.6 is 0 Å². The number of carbonyl (C=O) groups is 3. The van der Waals surface area contributed by atoms with Gasteiger partial charge in [-0.3, -0.25) is 19.6 Å². The maximum absolute atomic E-state index is 14.1. The van der Waals surface area contributed by atoms with E-state index in [-0.39, 0.29) is 47.2 Å². The van der Waals surface area contributed by atoms with Gasteiger partial charge in [0.25, 0.3) is 0 Å². The minimum atomic E-state index is -1.72. The number of aromatic nitrogens is 2. The summed E-state index contributed by atoms with van der Waals surface area (Å²) in [4.78, 5) is 43.0. The molecule has 0 radical (unpaired) electrons. The molecule has 1 spiro atoms. The van der Waals surface area contributed by atoms with Crippen LogP contribution in [0.1, 0.15) is 49.5 Å². The van der Waals surface area contributed by atoms with Crippen molar-refractivity contribution in [2.75, 3.05) is 16.8 Å². The number of nitrogens with zero attached hydrogens (tertiary/aromatic N) is 3. The number of allylic oxidation sites excluding steroid dienone is 1. The molecular weight excluding hydrogens is 520 g/mol. The number of carbonyl (C=O) groups excluding carboxylic acids is 3. The van der Waals surface area contributed by atoms with E-state index in [2.05, 4.69) is 21.6 Å². The molecule has 0 bridgehead atoms. The molecule has 1 aromatic heterocycles. The molecule has 0 fully saturated rings. The molecule has 6 rings (SSSR count). The van der Waals surface area contributed by atoms with Crippen molar-refractivity contribution >= 4 is 29.2 Å². The van der Waals surface area contributed by atoms with E-state index in [4.69, 9.17) is 10.5 Å². The highest BCUT2D eigenvalue weighted by molar-refractivity contribution is 6.20. The van der Waals surface area contributed by atoms with Gasteiger partial charge in [0.05, 0.1) is 17.9 Å². The zero-order valence-electron chi connectivity index (χ0n) is 22.9. The molecule has 2 aliphatic heterocycles. The second-order valence-corrected chi connectivity index (χ2v) is 11.1. The number of ether oxygens (including phenoxy) is 1. The van der Waals surface area contributed by atoms with E-state index in [9.17, 15) is 19.6 Å². The van der Waals surface area contributed by atoms with Gasteiger partial charge in [0.15, 0.2) is 11.6 Å². The van der Waals surface area contributed by atoms with Crippen molar-refractivity contribution in [3.05, 3.63) is 88.4 Å². The molecule has 3 heterocycles. The molecule has 1 unspecified atom stereocenters. The SMILES string of the molecule is CCOC(=O)c1c(N2C(N)=C(C#N)C3(C(=O)Nc4ccccc43)C3=C2CC(C)(C)CC3=O)n[nH]c1-c1ccccc1. The summed E-state index contributed by atoms with van der Waals surface area (Å²) in [5, 5.41) is 20.9. The molecule has 0 saturated heterocycles. The number of aromatic amines is 1. The number of benzene rings is 2. The zero-order valence-corrected chi connectivity index (χ0v) is 22.9. The average molecular weight is 549 g/mol. The Labute approximate surface area is 236 Å². The normalized spacial score (nSPS) is 21.0. The standard InChI is InChI=1S/C31H28N6O4/c1-4-41-28(39)23-25(17-10-6-5-7-11-17)35-36-27(23)37-21-14-30(2,3)15-22(38)24(21)31(19(16-32)26(37)33)18-12-8-9-13-20(18)34-29(31)40/h5-13H,4,14-15,33H2,1-3H3,(H,34,40)(H,35,36). The van der Waals surface area contributed by atoms with E-state index in [1.807, 2.05) is 44.2 Å². The molecule has 3 aliphatic rings. The van der Waals surface area contributed by atoms with Crippen molar-refractivity contribution in [2.45, 2.75) is 39.0 Å². The average Bonchev–Trinajstić information content (AvgIpc) is 3.49. The number of fused-ring (bicyclic) bond motifs is 3. The molecule has 1 atom stereocenters. The van der Waals surface area contributed by atoms with Crippen LogP contribution in [0.5, 0.6) is 0 Å². The number of H-pyrrole nitrogens is 1. The first kappa shape index (κ1) is 26.1. The van der Waals surface area contributed by atoms with Gasteiger partial charge in [-0.15, -0.1) is 0 Å². The summed E-state index contributed by atoms with van der Waals surface area (Å²) < 4.78 is 5.43. The molecule has 206 valence electrons. The van der Waals surface area contributed by atoms with Crippen LogP contribution in [0.4, 0.5) is 11.5 Å². The third-order valence-corrected chi connectivity index (χ3v) is 7.90. The number of hydrogen-bond donors (Lipinski definition) is 3. The van der Waals surface area contributed by atoms with Crippen molar-refractivity contribution in [2.24, 2.45) is 11.1 Å². The molecule has 1 amide bonds. The number of Topliss-reactive ketones (excluding diaryl/α,β-unsaturated/α-hetero) is 1. The lowest BCUT2D eigenvalue weighted by Crippen LogP contribution is -2.52. The van der Waals surface area contributed by atoms with Gasteiger partial charge >= 0.3 is 5.97 Å². The summed E-state index contributed by atoms with van der Waals surface area (Å²) in [6.07, 6.45) is 0.497. The van der Waals surface area contributed by atoms with Gasteiger partial charge < -0.3 is 15.8 Å². The first-order valence-electron chi connectivity index (χ1n) is 13.3. The first-order valence-corrected chi connectivity index (χ1v) is 13.3. The Morgan fingerprint density at radius 3 is 2.54 bits per heavy atom. The van der Waals surface area contributed by atoms with Crippen LogP contribution in [-0.4, -0.2) is 34.5 Å². The smallest absolute Gasteiger partial charge is 0.344 e. The first-order chi connectivity index (χ1) is 19.7. The largest absolute Gasteiger partial charge is 0.462 e. The number of anilines is 2. The second-order valence-electron chi connectivity index (χ2n) is 11.1. The number of ketones is 1. The van der Waals surface area contributed by atoms with Crippen molar-refractivity contribution in [3.63, 3.8) is 0 Å². The van der Waals surface area contributed by atoms with Gasteiger partial charge in [-0.1, -0.05) is 62.4 Å². The predicted octanol–water partition coefficient (Wildman–Crippen LogP) is 4.30. The molecule has 4 N–H and O–H groups in total. The molecular formula is C31H28N6O4. The highest BCUT2D eigenvalue weighted by Crippen LogP contribution is 2.57. The minimum Gasteiger partial charge on any atom is -0.462 e. The van der Waals surface area contributed by atoms with Crippen LogP contribution < -0.4 is 16.0 Å². The van der Waals surface area contributed by atoms with Crippen LogP contribution in [0.15, 0.2) is 77.3 Å². The van der Waals surface area contributed by atoms with Crippen LogP contribution in [0.25, 0.3) is 11.3 Å². The molecule has 1 aliphatic carbocycles. The summed E-state index contributed by atoms with van der Waals surface area (Å²) in [7, 11) is 0. The summed E-state index contributed by atoms with van der Waals surface area (Å²) >= 11 is 0. The number of para-hydroxylation sites is 1. The Kier molecular flexibility index (Phi) is 5.85. The Morgan fingerprint density at radius 1 is 1.12 bits per heavy atom. The number of rotatable bonds is 4. The Balaban J connectivity index is 1.69. The van der Waals surface area contributed by atoms with Crippen LogP contribution in [0.3, 0.4) is 0 Å². The Hall–Kier alpha value is -5.17. The maximum atomic E-state index is 14.1. The van der Waals surface area contributed by atoms with Gasteiger partial charge in [0.1, 0.15) is 22.9 Å². The molecule has 10 nitrogen and oxygen atoms in total. The van der Waals surface area contributed by atoms with E-state index in [0.717, 1.165) is 0 Å². The van der Waals surface area contributed by atoms with E-state index in [1.165, 1.54) is 4.90 Å². The summed E-state index contributed by atoms with van der Waals surface area (Å²) in [6, 6.07) is 18.3. The molecule has 41 heavy (non-hydrogen) atoms. The number of amides is 1. The highest BCUT2D eigenvalue weighted by Gasteiger charge is 2.61. The zero-order chi connectivity index (χ0) is 29.1. The third kappa shape index (κ3) is 3.62. The molecule has 0 saturated carbocycles. The van der Waals surface area contributed by atoms with E-state index < -0.39 is 22.7 Å². The summed E-state index contributed by atoms with van der Waals surface area (Å²) in [5.74, 6) is -1.43. The summed E-state index contributed by atoms with van der Waals surface area (Å²) in [5.41, 5.74) is 7.27. The summed E-state index contributed by atoms with van der Waals surface area (Å²) in [6.45, 7) is 5.72. The van der Waals surface area contributed by atoms with Crippen molar-refractivity contribution in [3.8, 4) is 17.3 Å². The van der Waals surface area contributed by atoms with E-state index in [0.29, 0.717) is 34.6 Å². The van der Waals surface area contributed by atoms with Gasteiger partial charge in [-0.2, -0.15) is 10.4 Å². The van der Waals surface area contributed by atoms with Crippen LogP contribution in [0.2, 0.25) is 0 Å². The van der Waals surface area contributed by atoms with Crippen LogP contribution in [0, 0.1) is 16.7 Å². The monoisotopic (exact) mass is 548 g/mol. The Bertz CT molecular complexity index is 1740. The van der Waals surface area contributed by atoms with Crippen molar-refractivity contribution < 1.29 is 19.1 Å². The van der Waals surface area contributed by atoms with Crippen molar-refractivity contribution in [1.82, 2.24) is 10.2 Å². The number of hydrogen-bond acceptors (Lipinski definition) is 8. The number of nitrogens with two attached hydrogens (primary N) is 1. The molecule has 3 aromatic rings. The third-order valence-electron chi connectivity index (χ3n) is 7.90. The highest BCUT2D eigenvalue weighted by atomic mass is 16.5. The van der Waals surface area contributed by atoms with Gasteiger partial charge in [-0.05, 0) is 24.8 Å². The van der Waals surface area contributed by atoms with Crippen LogP contribution in [-0.2, 0) is 19.7 Å². The van der Waals surface area contributed by atoms with E-state index >= 15 is 0 Å². The number of esters is 1. The minimum absolute atomic E-state index is 0.0831. The number of nitrogens with one attached hydrogen (secondary N) is 2. The quantitative estimate of drug-likeness (QED) is 0.408. The fraction of sp³-hybridized carbons (Fsp3) is 0.258. The van der Waals surface area contributed by atoms with Gasteiger partial charge in [-0.25, -0.2) is 4.79 Å². The second kappa shape index (κ2) is 9.20.